The maximum absolute atomic E-state index is 8.71. The number of rotatable bonds is 14. The van der Waals surface area contributed by atoms with Crippen LogP contribution < -0.4 is 38.2 Å². The van der Waals surface area contributed by atoms with E-state index in [1.807, 2.05) is 60.9 Å². The normalized spacial score (nSPS) is 13.5. The Morgan fingerprint density at radius 1 is 1.00 bits per heavy atom. The Balaban J connectivity index is 0.00000361. The van der Waals surface area contributed by atoms with Crippen molar-refractivity contribution in [2.45, 2.75) is 19.7 Å². The van der Waals surface area contributed by atoms with Gasteiger partial charge in [-0.15, -0.1) is 5.10 Å². The average molecular weight is 609 g/mol. The van der Waals surface area contributed by atoms with E-state index in [9.17, 15) is 0 Å². The minimum atomic E-state index is -0.00276. The van der Waals surface area contributed by atoms with Crippen LogP contribution >= 0.6 is 0 Å². The number of anilines is 1. The van der Waals surface area contributed by atoms with Crippen LogP contribution in [-0.2, 0) is 33.9 Å². The molecule has 1 N–H and O–H groups in total. The standard InChI is InChI=1S/C25H32N5O5.HI/c1-28-23-4-2-3-5-24(23)35-25(28)18-21-6-8-29(9-7-21)10-13-32-16-17-33-14-11-30-19-22(26-27-30)20-34-15-12-31;/h2-9,18-19,31H,10-17,20H2,1H3;1H/q+1;/p-1. The lowest BCUT2D eigenvalue weighted by atomic mass is 10.2. The quantitative estimate of drug-likeness (QED) is 0.136. The first-order chi connectivity index (χ1) is 17.2. The first-order valence-corrected chi connectivity index (χ1v) is 11.7. The molecule has 11 heteroatoms. The van der Waals surface area contributed by atoms with E-state index in [2.05, 4.69) is 27.0 Å². The molecule has 10 nitrogen and oxygen atoms in total. The third-order valence-electron chi connectivity index (χ3n) is 5.38. The van der Waals surface area contributed by atoms with Gasteiger partial charge in [0.05, 0.1) is 58.1 Å². The molecule has 0 saturated heterocycles. The van der Waals surface area contributed by atoms with Gasteiger partial charge in [-0.25, -0.2) is 9.25 Å². The molecule has 1 aliphatic rings. The Kier molecular flexibility index (Phi) is 11.6. The van der Waals surface area contributed by atoms with Gasteiger partial charge in [-0.2, -0.15) is 0 Å². The van der Waals surface area contributed by atoms with Crippen molar-refractivity contribution in [3.63, 3.8) is 0 Å². The highest BCUT2D eigenvalue weighted by molar-refractivity contribution is 5.70. The number of fused-ring (bicyclic) bond motifs is 1. The summed E-state index contributed by atoms with van der Waals surface area (Å²) in [5.74, 6) is 1.69. The minimum absolute atomic E-state index is 0. The molecular formula is C25H32IN5O5. The topological polar surface area (TPSA) is 95.0 Å². The Labute approximate surface area is 228 Å². The van der Waals surface area contributed by atoms with E-state index >= 15 is 0 Å². The van der Waals surface area contributed by atoms with Gasteiger partial charge in [0.25, 0.3) is 0 Å². The molecule has 1 aliphatic heterocycles. The summed E-state index contributed by atoms with van der Waals surface area (Å²) in [5, 5.41) is 16.7. The number of halogens is 1. The molecule has 4 rings (SSSR count). The van der Waals surface area contributed by atoms with Crippen molar-refractivity contribution in [2.75, 3.05) is 51.6 Å². The number of hydrogen-bond acceptors (Lipinski definition) is 8. The Hall–Kier alpha value is -2.58. The summed E-state index contributed by atoms with van der Waals surface area (Å²) in [6.45, 7) is 4.19. The number of pyridine rings is 1. The SMILES string of the molecule is CN1C(=Cc2cc[n+](CCOCCOCCn3cc(COCCO)nn3)cc2)Oc2ccccc21.[I-]. The zero-order valence-electron chi connectivity index (χ0n) is 20.3. The second-order valence-corrected chi connectivity index (χ2v) is 7.95. The number of nitrogens with zero attached hydrogens (tertiary/aromatic N) is 5. The summed E-state index contributed by atoms with van der Waals surface area (Å²) in [7, 11) is 2.00. The number of benzene rings is 1. The fourth-order valence-electron chi connectivity index (χ4n) is 3.51. The predicted octanol–water partition coefficient (Wildman–Crippen LogP) is -1.36. The van der Waals surface area contributed by atoms with Crippen LogP contribution in [0.25, 0.3) is 6.08 Å². The maximum atomic E-state index is 8.71. The Bertz CT molecular complexity index is 1090. The van der Waals surface area contributed by atoms with Gasteiger partial charge in [0, 0.05) is 25.3 Å². The van der Waals surface area contributed by atoms with Gasteiger partial charge in [0.2, 0.25) is 5.88 Å². The Morgan fingerprint density at radius 3 is 2.56 bits per heavy atom. The van der Waals surface area contributed by atoms with Crippen LogP contribution in [0.3, 0.4) is 0 Å². The van der Waals surface area contributed by atoms with Crippen molar-refractivity contribution < 1.29 is 52.6 Å². The molecule has 0 unspecified atom stereocenters. The largest absolute Gasteiger partial charge is 1.00 e. The lowest BCUT2D eigenvalue weighted by molar-refractivity contribution is -0.698. The van der Waals surface area contributed by atoms with Crippen LogP contribution in [0.1, 0.15) is 11.3 Å². The first kappa shape index (κ1) is 28.0. The van der Waals surface area contributed by atoms with Crippen molar-refractivity contribution in [2.24, 2.45) is 0 Å². The van der Waals surface area contributed by atoms with E-state index in [4.69, 9.17) is 24.1 Å². The molecule has 0 spiro atoms. The van der Waals surface area contributed by atoms with E-state index in [-0.39, 0.29) is 30.6 Å². The van der Waals surface area contributed by atoms with Gasteiger partial charge < -0.3 is 52.9 Å². The van der Waals surface area contributed by atoms with Crippen LogP contribution in [0, 0.1) is 0 Å². The van der Waals surface area contributed by atoms with Crippen LogP contribution in [0.5, 0.6) is 5.75 Å². The van der Waals surface area contributed by atoms with E-state index < -0.39 is 0 Å². The van der Waals surface area contributed by atoms with Gasteiger partial charge in [0.1, 0.15) is 12.3 Å². The zero-order chi connectivity index (χ0) is 24.3. The van der Waals surface area contributed by atoms with Gasteiger partial charge in [-0.3, -0.25) is 0 Å². The average Bonchev–Trinajstić information content (AvgIpc) is 3.46. The molecule has 0 saturated carbocycles. The van der Waals surface area contributed by atoms with Crippen LogP contribution in [0.2, 0.25) is 0 Å². The van der Waals surface area contributed by atoms with E-state index in [0.717, 1.165) is 35.1 Å². The van der Waals surface area contributed by atoms with E-state index in [1.165, 1.54) is 0 Å². The van der Waals surface area contributed by atoms with Crippen molar-refractivity contribution >= 4 is 11.8 Å². The fourth-order valence-corrected chi connectivity index (χ4v) is 3.51. The van der Waals surface area contributed by atoms with Crippen LogP contribution in [0.15, 0.2) is 60.9 Å². The third-order valence-corrected chi connectivity index (χ3v) is 5.38. The molecule has 0 radical (unpaired) electrons. The van der Waals surface area contributed by atoms with Gasteiger partial charge >= 0.3 is 0 Å². The summed E-state index contributed by atoms with van der Waals surface area (Å²) in [6.07, 6.45) is 7.92. The molecule has 3 heterocycles. The Morgan fingerprint density at radius 2 is 1.78 bits per heavy atom. The molecule has 36 heavy (non-hydrogen) atoms. The van der Waals surface area contributed by atoms with Gasteiger partial charge in [-0.05, 0) is 17.7 Å². The maximum Gasteiger partial charge on any atom is 0.200 e. The molecule has 0 atom stereocenters. The molecule has 0 amide bonds. The second-order valence-electron chi connectivity index (χ2n) is 7.95. The predicted molar refractivity (Wildman–Crippen MR) is 128 cm³/mol. The summed E-state index contributed by atoms with van der Waals surface area (Å²) in [5.41, 5.74) is 2.87. The molecule has 1 aromatic carbocycles. The van der Waals surface area contributed by atoms with E-state index in [1.54, 1.807) is 4.68 Å². The van der Waals surface area contributed by atoms with Crippen LogP contribution in [-0.4, -0.2) is 66.8 Å². The number of aliphatic hydroxyl groups excluding tert-OH is 1. The van der Waals surface area contributed by atoms with E-state index in [0.29, 0.717) is 46.2 Å². The number of hydrogen-bond donors (Lipinski definition) is 1. The smallest absolute Gasteiger partial charge is 0.200 e. The highest BCUT2D eigenvalue weighted by atomic mass is 127. The molecule has 0 aliphatic carbocycles. The second kappa shape index (κ2) is 14.9. The molecular weight excluding hydrogens is 577 g/mol. The molecule has 0 fully saturated rings. The number of aliphatic hydroxyl groups is 1. The summed E-state index contributed by atoms with van der Waals surface area (Å²) >= 11 is 0. The molecule has 194 valence electrons. The summed E-state index contributed by atoms with van der Waals surface area (Å²) in [4.78, 5) is 2.05. The monoisotopic (exact) mass is 609 g/mol. The van der Waals surface area contributed by atoms with Crippen molar-refractivity contribution in [1.82, 2.24) is 15.0 Å². The first-order valence-electron chi connectivity index (χ1n) is 11.7. The lowest BCUT2D eigenvalue weighted by Crippen LogP contribution is -3.00. The minimum Gasteiger partial charge on any atom is -1.00 e. The number of ether oxygens (including phenoxy) is 4. The molecule has 3 aromatic rings. The number of aromatic nitrogens is 4. The lowest BCUT2D eigenvalue weighted by Gasteiger charge is -2.10. The third kappa shape index (κ3) is 8.23. The highest BCUT2D eigenvalue weighted by Gasteiger charge is 2.22. The van der Waals surface area contributed by atoms with Gasteiger partial charge in [-0.1, -0.05) is 17.3 Å². The van der Waals surface area contributed by atoms with Crippen molar-refractivity contribution in [3.8, 4) is 5.75 Å². The fraction of sp³-hybridized carbons (Fsp3) is 0.400. The highest BCUT2D eigenvalue weighted by Crippen LogP contribution is 2.37. The van der Waals surface area contributed by atoms with Crippen molar-refractivity contribution in [3.05, 3.63) is 72.1 Å². The van der Waals surface area contributed by atoms with Gasteiger partial charge in [0.15, 0.2) is 24.7 Å². The molecule has 0 bridgehead atoms. The zero-order valence-corrected chi connectivity index (χ0v) is 22.5. The molecule has 2 aromatic heterocycles. The van der Waals surface area contributed by atoms with Crippen molar-refractivity contribution in [1.29, 1.82) is 0 Å². The summed E-state index contributed by atoms with van der Waals surface area (Å²) < 4.78 is 26.2. The van der Waals surface area contributed by atoms with Crippen LogP contribution in [0.4, 0.5) is 5.69 Å². The summed E-state index contributed by atoms with van der Waals surface area (Å²) in [6, 6.07) is 12.1. The number of para-hydroxylation sites is 2.